The van der Waals surface area contributed by atoms with Crippen molar-refractivity contribution in [3.8, 4) is 5.75 Å². The molecule has 0 fully saturated rings. The number of carbonyl (C=O) groups is 1. The Hall–Kier alpha value is -2.22. The van der Waals surface area contributed by atoms with Gasteiger partial charge in [-0.3, -0.25) is 9.10 Å². The van der Waals surface area contributed by atoms with Gasteiger partial charge in [0.2, 0.25) is 0 Å². The third kappa shape index (κ3) is 5.15. The van der Waals surface area contributed by atoms with Crippen LogP contribution in [0.15, 0.2) is 60.0 Å². The van der Waals surface area contributed by atoms with Crippen molar-refractivity contribution in [2.24, 2.45) is 0 Å². The largest absolute Gasteiger partial charge is 0.489 e. The molecule has 2 aromatic rings. The van der Waals surface area contributed by atoms with E-state index >= 15 is 0 Å². The fourth-order valence-corrected chi connectivity index (χ4v) is 3.94. The number of anilines is 1. The molecule has 0 bridgehead atoms. The van der Waals surface area contributed by atoms with Crippen molar-refractivity contribution in [1.29, 1.82) is 0 Å². The first-order chi connectivity index (χ1) is 12.8. The Labute approximate surface area is 168 Å². The van der Waals surface area contributed by atoms with E-state index in [1.165, 1.54) is 31.4 Å². The predicted octanol–water partition coefficient (Wildman–Crippen LogP) is 3.93. The lowest BCUT2D eigenvalue weighted by molar-refractivity contribution is -0.138. The van der Waals surface area contributed by atoms with E-state index in [2.05, 4.69) is 11.3 Å². The Morgan fingerprint density at radius 1 is 1.19 bits per heavy atom. The van der Waals surface area contributed by atoms with Gasteiger partial charge in [-0.1, -0.05) is 41.9 Å². The summed E-state index contributed by atoms with van der Waals surface area (Å²) in [6, 6.07) is 10.2. The van der Waals surface area contributed by atoms with E-state index in [9.17, 15) is 13.2 Å². The van der Waals surface area contributed by atoms with Gasteiger partial charge in [-0.15, -0.1) is 0 Å². The van der Waals surface area contributed by atoms with E-state index in [4.69, 9.17) is 27.9 Å². The minimum atomic E-state index is -4.12. The summed E-state index contributed by atoms with van der Waals surface area (Å²) in [5, 5.41) is 0.300. The van der Waals surface area contributed by atoms with Crippen molar-refractivity contribution in [3.05, 3.63) is 65.2 Å². The summed E-state index contributed by atoms with van der Waals surface area (Å²) in [4.78, 5) is 11.7. The molecule has 9 heteroatoms. The van der Waals surface area contributed by atoms with Gasteiger partial charge in [-0.2, -0.15) is 0 Å². The molecule has 0 amide bonds. The number of nitrogens with zero attached hydrogens (tertiary/aromatic N) is 1. The lowest BCUT2D eigenvalue weighted by Crippen LogP contribution is -2.36. The van der Waals surface area contributed by atoms with Crippen LogP contribution in [0.5, 0.6) is 5.75 Å². The summed E-state index contributed by atoms with van der Waals surface area (Å²) in [5.74, 6) is -0.303. The Bertz CT molecular complexity index is 947. The normalized spacial score (nSPS) is 10.9. The fourth-order valence-electron chi connectivity index (χ4n) is 2.14. The number of sulfonamides is 1. The number of halogens is 2. The average Bonchev–Trinajstić information content (AvgIpc) is 2.66. The van der Waals surface area contributed by atoms with E-state index in [-0.39, 0.29) is 27.2 Å². The quantitative estimate of drug-likeness (QED) is 0.469. The van der Waals surface area contributed by atoms with Gasteiger partial charge >= 0.3 is 5.97 Å². The number of benzene rings is 2. The minimum absolute atomic E-state index is 0.0822. The summed E-state index contributed by atoms with van der Waals surface area (Å²) in [5.41, 5.74) is 0.230. The summed E-state index contributed by atoms with van der Waals surface area (Å²) >= 11 is 11.8. The third-order valence-electron chi connectivity index (χ3n) is 3.45. The topological polar surface area (TPSA) is 72.9 Å². The first-order valence-electron chi connectivity index (χ1n) is 7.68. The van der Waals surface area contributed by atoms with E-state index in [1.807, 2.05) is 0 Å². The van der Waals surface area contributed by atoms with Gasteiger partial charge in [0.05, 0.1) is 27.7 Å². The monoisotopic (exact) mass is 429 g/mol. The summed E-state index contributed by atoms with van der Waals surface area (Å²) in [7, 11) is -2.95. The second-order valence-corrected chi connectivity index (χ2v) is 7.94. The number of hydrogen-bond acceptors (Lipinski definition) is 5. The molecule has 0 N–H and O–H groups in total. The number of methoxy groups -OCH3 is 1. The second-order valence-electron chi connectivity index (χ2n) is 5.26. The maximum atomic E-state index is 13.1. The van der Waals surface area contributed by atoms with E-state index in [0.717, 1.165) is 4.31 Å². The van der Waals surface area contributed by atoms with Gasteiger partial charge in [0.15, 0.2) is 0 Å². The van der Waals surface area contributed by atoms with Crippen molar-refractivity contribution in [3.63, 3.8) is 0 Å². The van der Waals surface area contributed by atoms with Crippen molar-refractivity contribution in [1.82, 2.24) is 0 Å². The minimum Gasteiger partial charge on any atom is -0.489 e. The number of ether oxygens (including phenoxy) is 2. The maximum Gasteiger partial charge on any atom is 0.326 e. The first-order valence-corrected chi connectivity index (χ1v) is 9.87. The molecule has 144 valence electrons. The van der Waals surface area contributed by atoms with Crippen LogP contribution in [0.2, 0.25) is 10.0 Å². The average molecular weight is 430 g/mol. The van der Waals surface area contributed by atoms with Gasteiger partial charge in [0.25, 0.3) is 10.0 Å². The molecule has 2 rings (SSSR count). The maximum absolute atomic E-state index is 13.1. The van der Waals surface area contributed by atoms with Crippen LogP contribution in [0.1, 0.15) is 0 Å². The highest BCUT2D eigenvalue weighted by atomic mass is 35.5. The van der Waals surface area contributed by atoms with Gasteiger partial charge in [-0.05, 0) is 30.3 Å². The molecule has 6 nitrogen and oxygen atoms in total. The molecule has 0 unspecified atom stereocenters. The van der Waals surface area contributed by atoms with Crippen molar-refractivity contribution in [2.45, 2.75) is 4.90 Å². The van der Waals surface area contributed by atoms with Crippen molar-refractivity contribution < 1.29 is 22.7 Å². The molecule has 0 radical (unpaired) electrons. The fraction of sp³-hybridized carbons (Fsp3) is 0.167. The predicted molar refractivity (Wildman–Crippen MR) is 105 cm³/mol. The third-order valence-corrected chi connectivity index (χ3v) is 5.96. The van der Waals surface area contributed by atoms with Crippen LogP contribution >= 0.6 is 23.2 Å². The van der Waals surface area contributed by atoms with Gasteiger partial charge < -0.3 is 9.47 Å². The van der Waals surface area contributed by atoms with E-state index in [0.29, 0.717) is 5.75 Å². The van der Waals surface area contributed by atoms with Crippen molar-refractivity contribution in [2.75, 3.05) is 24.6 Å². The molecule has 0 aromatic heterocycles. The van der Waals surface area contributed by atoms with Gasteiger partial charge in [0, 0.05) is 6.07 Å². The summed E-state index contributed by atoms with van der Waals surface area (Å²) < 4.78 is 37.3. The van der Waals surface area contributed by atoms with Crippen LogP contribution in [0, 0.1) is 0 Å². The van der Waals surface area contributed by atoms with Crippen LogP contribution < -0.4 is 9.04 Å². The second kappa shape index (κ2) is 9.12. The Morgan fingerprint density at radius 2 is 1.93 bits per heavy atom. The molecular weight excluding hydrogens is 413 g/mol. The van der Waals surface area contributed by atoms with Crippen molar-refractivity contribution >= 4 is 44.9 Å². The zero-order chi connectivity index (χ0) is 20.0. The summed E-state index contributed by atoms with van der Waals surface area (Å²) in [6.07, 6.45) is 1.56. The molecule has 0 heterocycles. The highest BCUT2D eigenvalue weighted by Crippen LogP contribution is 2.30. The van der Waals surface area contributed by atoms with Crippen LogP contribution in [0.4, 0.5) is 5.69 Å². The van der Waals surface area contributed by atoms with E-state index in [1.54, 1.807) is 24.3 Å². The van der Waals surface area contributed by atoms with E-state index < -0.39 is 22.5 Å². The molecule has 0 saturated carbocycles. The molecular formula is C18H17Cl2NO5S. The zero-order valence-corrected chi connectivity index (χ0v) is 16.7. The number of hydrogen-bond donors (Lipinski definition) is 0. The Morgan fingerprint density at radius 3 is 2.56 bits per heavy atom. The first kappa shape index (κ1) is 21.1. The molecule has 0 atom stereocenters. The number of esters is 1. The number of carbonyl (C=O) groups excluding carboxylic acids is 1. The Kier molecular flexibility index (Phi) is 7.12. The number of rotatable bonds is 8. The highest BCUT2D eigenvalue weighted by molar-refractivity contribution is 7.92. The lowest BCUT2D eigenvalue weighted by atomic mass is 10.3. The molecule has 0 aliphatic heterocycles. The molecule has 0 aliphatic rings. The smallest absolute Gasteiger partial charge is 0.326 e. The lowest BCUT2D eigenvalue weighted by Gasteiger charge is -2.24. The molecule has 0 saturated heterocycles. The SMILES string of the molecule is C=CCOc1cccc(N(CC(=O)OC)S(=O)(=O)c2ccc(Cl)c(Cl)c2)c1. The van der Waals surface area contributed by atoms with Gasteiger partial charge in [-0.25, -0.2) is 8.42 Å². The highest BCUT2D eigenvalue weighted by Gasteiger charge is 2.28. The zero-order valence-electron chi connectivity index (χ0n) is 14.4. The summed E-state index contributed by atoms with van der Waals surface area (Å²) in [6.45, 7) is 3.29. The molecule has 0 aliphatic carbocycles. The standard InChI is InChI=1S/C18H17Cl2NO5S/c1-3-9-26-14-6-4-5-13(10-14)21(12-18(22)25-2)27(23,24)15-7-8-16(19)17(20)11-15/h3-8,10-11H,1,9,12H2,2H3. The Balaban J connectivity index is 2.52. The van der Waals surface area contributed by atoms with Gasteiger partial charge in [0.1, 0.15) is 18.9 Å². The molecule has 27 heavy (non-hydrogen) atoms. The van der Waals surface area contributed by atoms with Crippen LogP contribution in [-0.2, 0) is 19.6 Å². The molecule has 2 aromatic carbocycles. The molecule has 0 spiro atoms. The van der Waals surface area contributed by atoms with Crippen LogP contribution in [-0.4, -0.2) is 34.6 Å². The van der Waals surface area contributed by atoms with Crippen LogP contribution in [0.3, 0.4) is 0 Å². The van der Waals surface area contributed by atoms with Crippen LogP contribution in [0.25, 0.3) is 0 Å².